The topological polar surface area (TPSA) is 50.9 Å². The van der Waals surface area contributed by atoms with Crippen LogP contribution in [0.25, 0.3) is 10.9 Å². The minimum Gasteiger partial charge on any atom is -0.308 e. The molecule has 0 aliphatic heterocycles. The Balaban J connectivity index is 2.78. The third kappa shape index (κ3) is 1.69. The molecule has 0 saturated heterocycles. The maximum atomic E-state index is 13.4. The molecule has 5 heteroatoms. The molecule has 0 amide bonds. The quantitative estimate of drug-likeness (QED) is 0.607. The van der Waals surface area contributed by atoms with Crippen molar-refractivity contribution in [1.82, 2.24) is 4.98 Å². The number of fused-ring (bicyclic) bond motifs is 1. The standard InChI is InChI=1S/C11H11F2N3/c1-2-6-3-7-4-8(12)5-9(13)10(7)15-11(6)16-14/h3-5H,2,14H2,1H3,(H,15,16). The van der Waals surface area contributed by atoms with Crippen molar-refractivity contribution in [3.63, 3.8) is 0 Å². The molecule has 84 valence electrons. The molecule has 1 aromatic carbocycles. The molecule has 1 heterocycles. The van der Waals surface area contributed by atoms with Crippen LogP contribution in [0.15, 0.2) is 18.2 Å². The van der Waals surface area contributed by atoms with Gasteiger partial charge in [0.1, 0.15) is 17.2 Å². The molecule has 2 rings (SSSR count). The van der Waals surface area contributed by atoms with Crippen LogP contribution in [0.3, 0.4) is 0 Å². The molecule has 0 saturated carbocycles. The summed E-state index contributed by atoms with van der Waals surface area (Å²) in [5, 5.41) is 0.438. The number of nitrogens with one attached hydrogen (secondary N) is 1. The lowest BCUT2D eigenvalue weighted by Crippen LogP contribution is -2.11. The van der Waals surface area contributed by atoms with E-state index in [-0.39, 0.29) is 5.52 Å². The van der Waals surface area contributed by atoms with E-state index in [4.69, 9.17) is 5.84 Å². The maximum absolute atomic E-state index is 13.4. The summed E-state index contributed by atoms with van der Waals surface area (Å²) in [5.41, 5.74) is 3.35. The van der Waals surface area contributed by atoms with Crippen LogP contribution < -0.4 is 11.3 Å². The zero-order valence-electron chi connectivity index (χ0n) is 8.72. The van der Waals surface area contributed by atoms with Crippen molar-refractivity contribution in [3.8, 4) is 0 Å². The van der Waals surface area contributed by atoms with Crippen molar-refractivity contribution in [2.24, 2.45) is 5.84 Å². The highest BCUT2D eigenvalue weighted by atomic mass is 19.1. The smallest absolute Gasteiger partial charge is 0.152 e. The van der Waals surface area contributed by atoms with Gasteiger partial charge in [-0.2, -0.15) is 0 Å². The number of hydrazine groups is 1. The first kappa shape index (κ1) is 10.8. The number of nitrogen functional groups attached to an aromatic ring is 1. The summed E-state index contributed by atoms with van der Waals surface area (Å²) in [5.74, 6) is 4.41. The van der Waals surface area contributed by atoms with E-state index in [0.717, 1.165) is 11.6 Å². The van der Waals surface area contributed by atoms with Gasteiger partial charge in [-0.3, -0.25) is 0 Å². The summed E-state index contributed by atoms with van der Waals surface area (Å²) in [7, 11) is 0. The number of pyridine rings is 1. The van der Waals surface area contributed by atoms with E-state index in [9.17, 15) is 8.78 Å². The predicted molar refractivity (Wildman–Crippen MR) is 58.8 cm³/mol. The molecule has 0 radical (unpaired) electrons. The van der Waals surface area contributed by atoms with Crippen molar-refractivity contribution in [2.45, 2.75) is 13.3 Å². The average Bonchev–Trinajstić information content (AvgIpc) is 2.27. The van der Waals surface area contributed by atoms with Gasteiger partial charge < -0.3 is 5.43 Å². The van der Waals surface area contributed by atoms with Gasteiger partial charge in [0, 0.05) is 11.5 Å². The van der Waals surface area contributed by atoms with Crippen molar-refractivity contribution in [1.29, 1.82) is 0 Å². The van der Waals surface area contributed by atoms with Gasteiger partial charge in [-0.25, -0.2) is 19.6 Å². The Hall–Kier alpha value is -1.75. The lowest BCUT2D eigenvalue weighted by molar-refractivity contribution is 0.590. The van der Waals surface area contributed by atoms with Gasteiger partial charge in [-0.1, -0.05) is 6.92 Å². The number of hydrogen-bond acceptors (Lipinski definition) is 3. The largest absolute Gasteiger partial charge is 0.308 e. The Morgan fingerprint density at radius 1 is 1.31 bits per heavy atom. The van der Waals surface area contributed by atoms with Crippen LogP contribution in [0.2, 0.25) is 0 Å². The van der Waals surface area contributed by atoms with E-state index >= 15 is 0 Å². The number of aryl methyl sites for hydroxylation is 1. The molecular formula is C11H11F2N3. The summed E-state index contributed by atoms with van der Waals surface area (Å²) in [4.78, 5) is 4.03. The number of benzene rings is 1. The minimum atomic E-state index is -0.686. The molecular weight excluding hydrogens is 212 g/mol. The molecule has 1 aromatic heterocycles. The zero-order chi connectivity index (χ0) is 11.7. The normalized spacial score (nSPS) is 10.8. The number of rotatable bonds is 2. The van der Waals surface area contributed by atoms with Crippen LogP contribution >= 0.6 is 0 Å². The Labute approximate surface area is 91.3 Å². The lowest BCUT2D eigenvalue weighted by atomic mass is 10.1. The fourth-order valence-electron chi connectivity index (χ4n) is 1.65. The van der Waals surface area contributed by atoms with Crippen LogP contribution in [-0.4, -0.2) is 4.98 Å². The van der Waals surface area contributed by atoms with Crippen LogP contribution in [0.4, 0.5) is 14.6 Å². The van der Waals surface area contributed by atoms with Gasteiger partial charge in [0.15, 0.2) is 5.82 Å². The molecule has 16 heavy (non-hydrogen) atoms. The number of nitrogens with zero attached hydrogens (tertiary/aromatic N) is 1. The second kappa shape index (κ2) is 4.02. The summed E-state index contributed by atoms with van der Waals surface area (Å²) in [6.45, 7) is 1.92. The molecule has 2 aromatic rings. The molecule has 3 nitrogen and oxygen atoms in total. The average molecular weight is 223 g/mol. The van der Waals surface area contributed by atoms with Gasteiger partial charge in [-0.15, -0.1) is 0 Å². The highest BCUT2D eigenvalue weighted by Gasteiger charge is 2.09. The summed E-state index contributed by atoms with van der Waals surface area (Å²) < 4.78 is 26.4. The van der Waals surface area contributed by atoms with Gasteiger partial charge >= 0.3 is 0 Å². The van der Waals surface area contributed by atoms with Gasteiger partial charge in [0.25, 0.3) is 0 Å². The highest BCUT2D eigenvalue weighted by Crippen LogP contribution is 2.23. The first-order chi connectivity index (χ1) is 7.65. The molecule has 0 fully saturated rings. The number of anilines is 1. The van der Waals surface area contributed by atoms with Crippen molar-refractivity contribution >= 4 is 16.7 Å². The SMILES string of the molecule is CCc1cc2cc(F)cc(F)c2nc1NN. The van der Waals surface area contributed by atoms with E-state index in [1.165, 1.54) is 6.07 Å². The summed E-state index contributed by atoms with van der Waals surface area (Å²) in [6.07, 6.45) is 0.681. The Morgan fingerprint density at radius 2 is 2.06 bits per heavy atom. The van der Waals surface area contributed by atoms with Crippen LogP contribution in [0, 0.1) is 11.6 Å². The Kier molecular flexibility index (Phi) is 2.70. The number of halogens is 2. The van der Waals surface area contributed by atoms with Gasteiger partial charge in [0.2, 0.25) is 0 Å². The molecule has 0 aliphatic rings. The summed E-state index contributed by atoms with van der Waals surface area (Å²) in [6, 6.07) is 3.75. The van der Waals surface area contributed by atoms with Crippen LogP contribution in [0.5, 0.6) is 0 Å². The molecule has 0 atom stereocenters. The maximum Gasteiger partial charge on any atom is 0.152 e. The minimum absolute atomic E-state index is 0.117. The highest BCUT2D eigenvalue weighted by molar-refractivity contribution is 5.82. The molecule has 0 unspecified atom stereocenters. The molecule has 0 aliphatic carbocycles. The Morgan fingerprint density at radius 3 is 2.69 bits per heavy atom. The van der Waals surface area contributed by atoms with Crippen molar-refractivity contribution in [2.75, 3.05) is 5.43 Å². The van der Waals surface area contributed by atoms with E-state index in [1.807, 2.05) is 6.92 Å². The summed E-state index contributed by atoms with van der Waals surface area (Å²) >= 11 is 0. The molecule has 0 bridgehead atoms. The van der Waals surface area contributed by atoms with Crippen LogP contribution in [0.1, 0.15) is 12.5 Å². The fourth-order valence-corrected chi connectivity index (χ4v) is 1.65. The molecule has 0 spiro atoms. The van der Waals surface area contributed by atoms with Crippen molar-refractivity contribution in [3.05, 3.63) is 35.4 Å². The van der Waals surface area contributed by atoms with E-state index in [0.29, 0.717) is 17.6 Å². The Bertz CT molecular complexity index is 540. The van der Waals surface area contributed by atoms with Gasteiger partial charge in [0.05, 0.1) is 0 Å². The van der Waals surface area contributed by atoms with Crippen LogP contribution in [-0.2, 0) is 6.42 Å². The van der Waals surface area contributed by atoms with E-state index in [2.05, 4.69) is 10.4 Å². The predicted octanol–water partition coefficient (Wildman–Crippen LogP) is 2.36. The first-order valence-electron chi connectivity index (χ1n) is 4.91. The number of aromatic nitrogens is 1. The zero-order valence-corrected chi connectivity index (χ0v) is 8.72. The van der Waals surface area contributed by atoms with Gasteiger partial charge in [-0.05, 0) is 24.1 Å². The molecule has 3 N–H and O–H groups in total. The van der Waals surface area contributed by atoms with Crippen molar-refractivity contribution < 1.29 is 8.78 Å². The number of nitrogens with two attached hydrogens (primary N) is 1. The second-order valence-corrected chi connectivity index (χ2v) is 3.45. The second-order valence-electron chi connectivity index (χ2n) is 3.45. The van der Waals surface area contributed by atoms with E-state index in [1.54, 1.807) is 6.07 Å². The fraction of sp³-hybridized carbons (Fsp3) is 0.182. The lowest BCUT2D eigenvalue weighted by Gasteiger charge is -2.08. The monoisotopic (exact) mass is 223 g/mol. The first-order valence-corrected chi connectivity index (χ1v) is 4.91. The third-order valence-corrected chi connectivity index (χ3v) is 2.43. The number of hydrogen-bond donors (Lipinski definition) is 2. The van der Waals surface area contributed by atoms with E-state index < -0.39 is 11.6 Å². The third-order valence-electron chi connectivity index (χ3n) is 2.43.